The predicted molar refractivity (Wildman–Crippen MR) is 75.1 cm³/mol. The normalized spacial score (nSPS) is 10.2. The van der Waals surface area contributed by atoms with Crippen LogP contribution in [0.5, 0.6) is 0 Å². The van der Waals surface area contributed by atoms with Crippen LogP contribution in [0, 0.1) is 0 Å². The molecule has 1 nitrogen and oxygen atoms in total. The van der Waals surface area contributed by atoms with E-state index < -0.39 is 0 Å². The number of carbonyl (C=O) groups is 1. The highest BCUT2D eigenvalue weighted by molar-refractivity contribution is 9.09. The summed E-state index contributed by atoms with van der Waals surface area (Å²) in [5, 5.41) is 0.373. The average Bonchev–Trinajstić information content (AvgIpc) is 2.40. The van der Waals surface area contributed by atoms with Crippen LogP contribution in [0.1, 0.15) is 10.4 Å². The minimum atomic E-state index is 0.112. The summed E-state index contributed by atoms with van der Waals surface area (Å²) in [4.78, 5) is 13.8. The highest BCUT2D eigenvalue weighted by Crippen LogP contribution is 2.27. The third-order valence-corrected chi connectivity index (χ3v) is 3.80. The van der Waals surface area contributed by atoms with Crippen molar-refractivity contribution in [3.8, 4) is 0 Å². The van der Waals surface area contributed by atoms with Gasteiger partial charge in [-0.3, -0.25) is 4.79 Å². The first-order chi connectivity index (χ1) is 8.29. The van der Waals surface area contributed by atoms with Crippen molar-refractivity contribution in [2.75, 3.05) is 5.33 Å². The lowest BCUT2D eigenvalue weighted by Gasteiger charge is -2.02. The number of Topliss-reactive ketones (excluding diaryl/α,β-unsaturated/α-hetero) is 1. The lowest BCUT2D eigenvalue weighted by molar-refractivity contribution is 0.102. The molecule has 2 aromatic rings. The van der Waals surface area contributed by atoms with E-state index in [0.29, 0.717) is 5.33 Å². The minimum absolute atomic E-state index is 0.112. The largest absolute Gasteiger partial charge is 0.293 e. The third-order valence-electron chi connectivity index (χ3n) is 2.28. The number of carbonyl (C=O) groups excluding carboxylic acids is 1. The molecule has 0 amide bonds. The van der Waals surface area contributed by atoms with E-state index in [4.69, 9.17) is 0 Å². The topological polar surface area (TPSA) is 17.1 Å². The number of hydrogen-bond acceptors (Lipinski definition) is 2. The van der Waals surface area contributed by atoms with Crippen LogP contribution in [0.4, 0.5) is 0 Å². The van der Waals surface area contributed by atoms with Gasteiger partial charge in [-0.1, -0.05) is 58.0 Å². The van der Waals surface area contributed by atoms with Crippen molar-refractivity contribution < 1.29 is 4.79 Å². The zero-order valence-electron chi connectivity index (χ0n) is 9.10. The van der Waals surface area contributed by atoms with Gasteiger partial charge >= 0.3 is 0 Å². The molecule has 2 aromatic carbocycles. The monoisotopic (exact) mass is 306 g/mol. The molecule has 0 aromatic heterocycles. The van der Waals surface area contributed by atoms with Crippen molar-refractivity contribution in [2.45, 2.75) is 9.79 Å². The van der Waals surface area contributed by atoms with Gasteiger partial charge in [-0.15, -0.1) is 0 Å². The van der Waals surface area contributed by atoms with Crippen molar-refractivity contribution in [3.05, 3.63) is 60.2 Å². The van der Waals surface area contributed by atoms with Gasteiger partial charge < -0.3 is 0 Å². The predicted octanol–water partition coefficient (Wildman–Crippen LogP) is 4.42. The Labute approximate surface area is 113 Å². The van der Waals surface area contributed by atoms with E-state index in [2.05, 4.69) is 28.1 Å². The summed E-state index contributed by atoms with van der Waals surface area (Å²) in [5.41, 5.74) is 0.749. The number of rotatable bonds is 4. The van der Waals surface area contributed by atoms with Gasteiger partial charge in [0.05, 0.1) is 5.33 Å². The Kier molecular flexibility index (Phi) is 4.40. The van der Waals surface area contributed by atoms with E-state index in [0.717, 1.165) is 10.5 Å². The molecule has 0 atom stereocenters. The molecule has 2 rings (SSSR count). The Morgan fingerprint density at radius 3 is 2.12 bits per heavy atom. The molecule has 0 heterocycles. The number of halogens is 1. The molecule has 0 saturated heterocycles. The van der Waals surface area contributed by atoms with Crippen LogP contribution >= 0.6 is 27.7 Å². The highest BCUT2D eigenvalue weighted by atomic mass is 79.9. The van der Waals surface area contributed by atoms with E-state index >= 15 is 0 Å². The molecule has 86 valence electrons. The number of hydrogen-bond donors (Lipinski definition) is 0. The number of ketones is 1. The Morgan fingerprint density at radius 1 is 0.941 bits per heavy atom. The molecule has 0 spiro atoms. The Hall–Kier alpha value is -1.06. The molecule has 0 radical (unpaired) electrons. The maximum Gasteiger partial charge on any atom is 0.173 e. The summed E-state index contributed by atoms with van der Waals surface area (Å²) < 4.78 is 0. The maximum absolute atomic E-state index is 11.4. The quantitative estimate of drug-likeness (QED) is 0.614. The van der Waals surface area contributed by atoms with E-state index in [1.165, 1.54) is 4.90 Å². The van der Waals surface area contributed by atoms with Gasteiger partial charge in [0.15, 0.2) is 5.78 Å². The van der Waals surface area contributed by atoms with Gasteiger partial charge in [0.25, 0.3) is 0 Å². The molecule has 17 heavy (non-hydrogen) atoms. The van der Waals surface area contributed by atoms with E-state index in [1.54, 1.807) is 11.8 Å². The Bertz CT molecular complexity index is 493. The second-order valence-electron chi connectivity index (χ2n) is 3.50. The van der Waals surface area contributed by atoms with Crippen LogP contribution in [-0.4, -0.2) is 11.1 Å². The Balaban J connectivity index is 2.11. The maximum atomic E-state index is 11.4. The zero-order chi connectivity index (χ0) is 12.1. The van der Waals surface area contributed by atoms with Crippen molar-refractivity contribution in [1.82, 2.24) is 0 Å². The summed E-state index contributed by atoms with van der Waals surface area (Å²) in [5.74, 6) is 0.112. The molecule has 0 bridgehead atoms. The van der Waals surface area contributed by atoms with Crippen LogP contribution < -0.4 is 0 Å². The van der Waals surface area contributed by atoms with Crippen LogP contribution in [-0.2, 0) is 0 Å². The molecule has 0 aliphatic rings. The molecule has 0 saturated carbocycles. The lowest BCUT2D eigenvalue weighted by atomic mass is 10.2. The molecule has 0 N–H and O–H groups in total. The minimum Gasteiger partial charge on any atom is -0.293 e. The highest BCUT2D eigenvalue weighted by Gasteiger charge is 2.03. The summed E-state index contributed by atoms with van der Waals surface area (Å²) in [6.07, 6.45) is 0. The first-order valence-electron chi connectivity index (χ1n) is 5.22. The molecular formula is C14H11BrOS. The van der Waals surface area contributed by atoms with Crippen molar-refractivity contribution >= 4 is 33.5 Å². The number of alkyl halides is 1. The fourth-order valence-electron chi connectivity index (χ4n) is 1.41. The van der Waals surface area contributed by atoms with Crippen molar-refractivity contribution in [2.24, 2.45) is 0 Å². The van der Waals surface area contributed by atoms with Gasteiger partial charge in [0.1, 0.15) is 0 Å². The molecule has 0 fully saturated rings. The summed E-state index contributed by atoms with van der Waals surface area (Å²) in [6, 6.07) is 17.9. The molecule has 3 heteroatoms. The van der Waals surface area contributed by atoms with E-state index in [9.17, 15) is 4.79 Å². The summed E-state index contributed by atoms with van der Waals surface area (Å²) >= 11 is 4.86. The standard InChI is InChI=1S/C14H11BrOS/c15-10-14(16)11-6-8-13(9-7-11)17-12-4-2-1-3-5-12/h1-9H,10H2. The lowest BCUT2D eigenvalue weighted by Crippen LogP contribution is -1.98. The van der Waals surface area contributed by atoms with Gasteiger partial charge in [0.2, 0.25) is 0 Å². The number of benzene rings is 2. The summed E-state index contributed by atoms with van der Waals surface area (Å²) in [7, 11) is 0. The summed E-state index contributed by atoms with van der Waals surface area (Å²) in [6.45, 7) is 0. The molecule has 0 aliphatic carbocycles. The molecule has 0 unspecified atom stereocenters. The van der Waals surface area contributed by atoms with Crippen LogP contribution in [0.15, 0.2) is 64.4 Å². The second-order valence-corrected chi connectivity index (χ2v) is 5.20. The second kappa shape index (κ2) is 6.03. The van der Waals surface area contributed by atoms with Crippen molar-refractivity contribution in [3.63, 3.8) is 0 Å². The van der Waals surface area contributed by atoms with Gasteiger partial charge in [-0.2, -0.15) is 0 Å². The van der Waals surface area contributed by atoms with Crippen LogP contribution in [0.2, 0.25) is 0 Å². The molecular weight excluding hydrogens is 296 g/mol. The zero-order valence-corrected chi connectivity index (χ0v) is 11.5. The van der Waals surface area contributed by atoms with Gasteiger partial charge in [0, 0.05) is 15.4 Å². The fourth-order valence-corrected chi connectivity index (χ4v) is 2.57. The van der Waals surface area contributed by atoms with E-state index in [-0.39, 0.29) is 5.78 Å². The molecule has 0 aliphatic heterocycles. The third kappa shape index (κ3) is 3.45. The van der Waals surface area contributed by atoms with Crippen LogP contribution in [0.25, 0.3) is 0 Å². The van der Waals surface area contributed by atoms with Crippen LogP contribution in [0.3, 0.4) is 0 Å². The first-order valence-corrected chi connectivity index (χ1v) is 7.15. The van der Waals surface area contributed by atoms with Gasteiger partial charge in [-0.05, 0) is 24.3 Å². The van der Waals surface area contributed by atoms with E-state index in [1.807, 2.05) is 42.5 Å². The van der Waals surface area contributed by atoms with Crippen molar-refractivity contribution in [1.29, 1.82) is 0 Å². The fraction of sp³-hybridized carbons (Fsp3) is 0.0714. The first kappa shape index (κ1) is 12.4. The average molecular weight is 307 g/mol. The van der Waals surface area contributed by atoms with Gasteiger partial charge in [-0.25, -0.2) is 0 Å². The SMILES string of the molecule is O=C(CBr)c1ccc(Sc2ccccc2)cc1. The smallest absolute Gasteiger partial charge is 0.173 e. The Morgan fingerprint density at radius 2 is 1.53 bits per heavy atom.